The van der Waals surface area contributed by atoms with Gasteiger partial charge in [0.25, 0.3) is 5.24 Å². The van der Waals surface area contributed by atoms with Crippen molar-refractivity contribution in [1.82, 2.24) is 4.90 Å². The van der Waals surface area contributed by atoms with Gasteiger partial charge in [0.1, 0.15) is 5.75 Å². The van der Waals surface area contributed by atoms with Crippen LogP contribution in [0.25, 0.3) is 0 Å². The molecule has 2 aliphatic heterocycles. The van der Waals surface area contributed by atoms with Crippen LogP contribution in [-0.4, -0.2) is 62.5 Å². The molecule has 1 aromatic carbocycles. The smallest absolute Gasteiger partial charge is 0.282 e. The Morgan fingerprint density at radius 3 is 2.51 bits per heavy atom. The largest absolute Gasteiger partial charge is 0.497 e. The lowest BCUT2D eigenvalue weighted by Crippen LogP contribution is -2.61. The van der Waals surface area contributed by atoms with Gasteiger partial charge in [0.2, 0.25) is 0 Å². The van der Waals surface area contributed by atoms with Crippen LogP contribution in [-0.2, 0) is 20.4 Å². The number of carbonyl (C=O) groups excluding carboxylic acids is 1. The molecule has 5 atom stereocenters. The van der Waals surface area contributed by atoms with Gasteiger partial charge >= 0.3 is 0 Å². The van der Waals surface area contributed by atoms with Gasteiger partial charge in [0, 0.05) is 31.7 Å². The van der Waals surface area contributed by atoms with Crippen LogP contribution < -0.4 is 4.74 Å². The fourth-order valence-electron chi connectivity index (χ4n) is 4.85. The molecule has 1 unspecified atom stereocenters. The highest BCUT2D eigenvalue weighted by Gasteiger charge is 2.54. The molecule has 0 bridgehead atoms. The molecule has 1 amide bonds. The Hall–Kier alpha value is -1.50. The molecule has 1 aromatic rings. The second-order valence-corrected chi connectivity index (χ2v) is 17.6. The number of hydrogen-bond acceptors (Lipinski definition) is 6. The predicted molar refractivity (Wildman–Crippen MR) is 153 cm³/mol. The van der Waals surface area contributed by atoms with E-state index in [9.17, 15) is 4.79 Å². The molecule has 0 spiro atoms. The summed E-state index contributed by atoms with van der Waals surface area (Å²) in [4.78, 5) is 15.0. The first kappa shape index (κ1) is 30.0. The van der Waals surface area contributed by atoms with Gasteiger partial charge in [0.05, 0.1) is 25.4 Å². The summed E-state index contributed by atoms with van der Waals surface area (Å²) < 4.78 is 25.3. The average molecular weight is 548 g/mol. The second kappa shape index (κ2) is 12.1. The van der Waals surface area contributed by atoms with Crippen LogP contribution in [0.15, 0.2) is 24.3 Å². The van der Waals surface area contributed by atoms with E-state index in [-0.39, 0.29) is 34.4 Å². The van der Waals surface area contributed by atoms with Crippen molar-refractivity contribution >= 4 is 25.3 Å². The van der Waals surface area contributed by atoms with Crippen LogP contribution in [0.4, 0.5) is 4.79 Å². The number of carbonyl (C=O) groups is 1. The van der Waals surface area contributed by atoms with Crippen LogP contribution in [0.2, 0.25) is 18.1 Å². The van der Waals surface area contributed by atoms with E-state index in [4.69, 9.17) is 25.1 Å². The van der Waals surface area contributed by atoms with Crippen molar-refractivity contribution in [3.8, 4) is 18.1 Å². The minimum Gasteiger partial charge on any atom is -0.497 e. The molecule has 0 radical (unpaired) electrons. The van der Waals surface area contributed by atoms with Gasteiger partial charge in [-0.1, -0.05) is 51.6 Å². The van der Waals surface area contributed by atoms with Gasteiger partial charge in [-0.15, -0.1) is 12.3 Å². The molecule has 0 aromatic heterocycles. The highest BCUT2D eigenvalue weighted by atomic mass is 32.2. The zero-order chi connectivity index (χ0) is 27.4. The maximum absolute atomic E-state index is 13.1. The number of rotatable bonds is 10. The summed E-state index contributed by atoms with van der Waals surface area (Å²) in [5.41, 5.74) is 1.04. The second-order valence-electron chi connectivity index (χ2n) is 11.9. The molecule has 2 saturated heterocycles. The number of terminal acetylenes is 1. The lowest BCUT2D eigenvalue weighted by Gasteiger charge is -2.50. The molecule has 0 N–H and O–H groups in total. The van der Waals surface area contributed by atoms with E-state index in [0.717, 1.165) is 30.6 Å². The molecule has 2 fully saturated rings. The minimum atomic E-state index is -2.03. The van der Waals surface area contributed by atoms with E-state index < -0.39 is 14.1 Å². The SMILES string of the molecule is C#C[C@@H](C)CC[C@H]1C[C@@H](O[Si](C)(C)C(C)(C)C)C[C@@](OC)(C2CSC(=O)N2Cc2ccc(OC)cc2)O1. The monoisotopic (exact) mass is 547 g/mol. The number of methoxy groups -OCH3 is 2. The summed E-state index contributed by atoms with van der Waals surface area (Å²) in [5.74, 6) is 3.48. The van der Waals surface area contributed by atoms with Gasteiger partial charge < -0.3 is 23.5 Å². The van der Waals surface area contributed by atoms with Gasteiger partial charge in [0.15, 0.2) is 14.1 Å². The maximum Gasteiger partial charge on any atom is 0.282 e. The first-order chi connectivity index (χ1) is 17.3. The Kier molecular flexibility index (Phi) is 9.85. The molecule has 2 aliphatic rings. The molecule has 206 valence electrons. The van der Waals surface area contributed by atoms with Gasteiger partial charge in [-0.25, -0.2) is 0 Å². The summed E-state index contributed by atoms with van der Waals surface area (Å²) in [6.07, 6.45) is 8.71. The van der Waals surface area contributed by atoms with Crippen LogP contribution >= 0.6 is 11.8 Å². The predicted octanol–water partition coefficient (Wildman–Crippen LogP) is 6.69. The fourth-order valence-corrected chi connectivity index (χ4v) is 7.31. The van der Waals surface area contributed by atoms with Crippen LogP contribution in [0, 0.1) is 18.3 Å². The third-order valence-corrected chi connectivity index (χ3v) is 13.7. The fraction of sp³-hybridized carbons (Fsp3) is 0.690. The Morgan fingerprint density at radius 1 is 1.27 bits per heavy atom. The first-order valence-corrected chi connectivity index (χ1v) is 17.2. The molecule has 8 heteroatoms. The van der Waals surface area contributed by atoms with E-state index in [0.29, 0.717) is 18.7 Å². The summed E-state index contributed by atoms with van der Waals surface area (Å²) in [5, 5.41) is 0.138. The molecule has 0 saturated carbocycles. The Bertz CT molecular complexity index is 957. The van der Waals surface area contributed by atoms with Crippen molar-refractivity contribution in [3.63, 3.8) is 0 Å². The first-order valence-electron chi connectivity index (χ1n) is 13.3. The molecular formula is C29H45NO5SSi. The molecule has 6 nitrogen and oxygen atoms in total. The van der Waals surface area contributed by atoms with Gasteiger partial charge in [-0.2, -0.15) is 0 Å². The molecule has 0 aliphatic carbocycles. The summed E-state index contributed by atoms with van der Waals surface area (Å²) >= 11 is 1.33. The number of ether oxygens (including phenoxy) is 3. The number of nitrogens with zero attached hydrogens (tertiary/aromatic N) is 1. The Labute approximate surface area is 229 Å². The van der Waals surface area contributed by atoms with E-state index in [1.807, 2.05) is 29.2 Å². The lowest BCUT2D eigenvalue weighted by molar-refractivity contribution is -0.303. The van der Waals surface area contributed by atoms with Gasteiger partial charge in [-0.3, -0.25) is 4.79 Å². The quantitative estimate of drug-likeness (QED) is 0.240. The third kappa shape index (κ3) is 7.13. The van der Waals surface area contributed by atoms with E-state index in [2.05, 4.69) is 46.7 Å². The normalized spacial score (nSPS) is 27.7. The Morgan fingerprint density at radius 2 is 1.95 bits per heavy atom. The van der Waals surface area contributed by atoms with E-state index in [1.54, 1.807) is 14.2 Å². The zero-order valence-corrected chi connectivity index (χ0v) is 25.7. The summed E-state index contributed by atoms with van der Waals surface area (Å²) in [6, 6.07) is 7.62. The van der Waals surface area contributed by atoms with Crippen molar-refractivity contribution in [2.75, 3.05) is 20.0 Å². The maximum atomic E-state index is 13.1. The number of hydrogen-bond donors (Lipinski definition) is 0. The lowest BCUT2D eigenvalue weighted by atomic mass is 9.90. The topological polar surface area (TPSA) is 57.2 Å². The molecule has 2 heterocycles. The van der Waals surface area contributed by atoms with Crippen LogP contribution in [0.3, 0.4) is 0 Å². The number of benzene rings is 1. The number of amides is 1. The van der Waals surface area contributed by atoms with Crippen molar-refractivity contribution in [3.05, 3.63) is 29.8 Å². The highest BCUT2D eigenvalue weighted by molar-refractivity contribution is 8.13. The standard InChI is InChI=1S/C29H45NO5SSi/c1-10-21(2)11-14-24-17-25(35-37(8,9)28(3,4)5)18-29(33-7,34-24)26-20-36-27(31)30(26)19-22-12-15-23(32-6)16-13-22/h1,12-13,15-16,21,24-26H,11,14,17-20H2,2-9H3/t21-,24+,25-,26?,29+/m1/s1. The average Bonchev–Trinajstić information content (AvgIpc) is 3.22. The van der Waals surface area contributed by atoms with E-state index in [1.165, 1.54) is 11.8 Å². The molecular weight excluding hydrogens is 502 g/mol. The van der Waals surface area contributed by atoms with Crippen molar-refractivity contribution < 1.29 is 23.4 Å². The molecule has 37 heavy (non-hydrogen) atoms. The third-order valence-electron chi connectivity index (χ3n) is 8.22. The van der Waals surface area contributed by atoms with Gasteiger partial charge in [-0.05, 0) is 55.1 Å². The molecule has 3 rings (SSSR count). The van der Waals surface area contributed by atoms with E-state index >= 15 is 0 Å². The summed E-state index contributed by atoms with van der Waals surface area (Å²) in [7, 11) is 1.32. The number of thioether (sulfide) groups is 1. The highest BCUT2D eigenvalue weighted by Crippen LogP contribution is 2.45. The van der Waals surface area contributed by atoms with Crippen LogP contribution in [0.1, 0.15) is 58.9 Å². The summed E-state index contributed by atoms with van der Waals surface area (Å²) in [6.45, 7) is 13.9. The van der Waals surface area contributed by atoms with Crippen molar-refractivity contribution in [2.45, 2.75) is 102 Å². The minimum absolute atomic E-state index is 0.00993. The van der Waals surface area contributed by atoms with Crippen molar-refractivity contribution in [2.24, 2.45) is 5.92 Å². The Balaban J connectivity index is 1.89. The zero-order valence-electron chi connectivity index (χ0n) is 23.8. The van der Waals surface area contributed by atoms with Crippen molar-refractivity contribution in [1.29, 1.82) is 0 Å². The van der Waals surface area contributed by atoms with Crippen LogP contribution in [0.5, 0.6) is 5.75 Å².